The third-order valence-electron chi connectivity index (χ3n) is 4.03. The average Bonchev–Trinajstić information content (AvgIpc) is 2.77. The number of carbonyl (C=O) groups excluding carboxylic acids is 2. The van der Waals surface area contributed by atoms with Gasteiger partial charge in [-0.15, -0.1) is 0 Å². The molecule has 0 spiro atoms. The zero-order valence-corrected chi connectivity index (χ0v) is 19.7. The molecule has 0 saturated carbocycles. The van der Waals surface area contributed by atoms with Crippen molar-refractivity contribution in [2.75, 3.05) is 10.6 Å². The van der Waals surface area contributed by atoms with Crippen LogP contribution in [0.3, 0.4) is 0 Å². The first kappa shape index (κ1) is 30.2. The van der Waals surface area contributed by atoms with Crippen LogP contribution in [0, 0.1) is 0 Å². The van der Waals surface area contributed by atoms with Gasteiger partial charge >= 0.3 is 11.9 Å². The fourth-order valence-electron chi connectivity index (χ4n) is 2.54. The van der Waals surface area contributed by atoms with Crippen molar-refractivity contribution in [3.8, 4) is 0 Å². The number of aliphatic carboxylic acids is 2. The van der Waals surface area contributed by atoms with Crippen LogP contribution in [0.2, 0.25) is 0 Å². The van der Waals surface area contributed by atoms with Crippen molar-refractivity contribution in [2.45, 2.75) is 65.2 Å². The molecule has 0 aliphatic rings. The first-order valence-corrected chi connectivity index (χ1v) is 11.0. The molecule has 10 nitrogen and oxygen atoms in total. The Labute approximate surface area is 199 Å². The molecule has 10 heteroatoms. The van der Waals surface area contributed by atoms with E-state index < -0.39 is 11.9 Å². The quantitative estimate of drug-likeness (QED) is 0.350. The van der Waals surface area contributed by atoms with Crippen LogP contribution >= 0.6 is 0 Å². The summed E-state index contributed by atoms with van der Waals surface area (Å²) in [5, 5.41) is 22.0. The van der Waals surface area contributed by atoms with Gasteiger partial charge in [0.05, 0.1) is 0 Å². The summed E-state index contributed by atoms with van der Waals surface area (Å²) in [6.45, 7) is 2.95. The SMILES string of the molecule is CC(=O)Nc1ccncc1.CC(=O)Nc1ccncc1.O=C(O)CCCCCCCCC(=O)O. The Morgan fingerprint density at radius 2 is 0.912 bits per heavy atom. The van der Waals surface area contributed by atoms with Gasteiger partial charge in [0.25, 0.3) is 0 Å². The Bertz CT molecular complexity index is 776. The number of unbranched alkanes of at least 4 members (excludes halogenated alkanes) is 5. The molecule has 0 saturated heterocycles. The van der Waals surface area contributed by atoms with Crippen molar-refractivity contribution < 1.29 is 29.4 Å². The lowest BCUT2D eigenvalue weighted by Gasteiger charge is -1.98. The first-order chi connectivity index (χ1) is 16.2. The highest BCUT2D eigenvalue weighted by Crippen LogP contribution is 2.08. The van der Waals surface area contributed by atoms with Crippen molar-refractivity contribution in [1.82, 2.24) is 9.97 Å². The molecule has 2 rings (SSSR count). The minimum atomic E-state index is -0.740. The predicted octanol–water partition coefficient (Wildman–Crippen LogP) is 4.36. The van der Waals surface area contributed by atoms with Gasteiger partial charge in [0.2, 0.25) is 11.8 Å². The van der Waals surface area contributed by atoms with E-state index in [0.29, 0.717) is 0 Å². The van der Waals surface area contributed by atoms with Gasteiger partial charge in [-0.05, 0) is 37.1 Å². The fraction of sp³-hybridized carbons (Fsp3) is 0.417. The fourth-order valence-corrected chi connectivity index (χ4v) is 2.54. The topological polar surface area (TPSA) is 159 Å². The van der Waals surface area contributed by atoms with Crippen molar-refractivity contribution in [2.24, 2.45) is 0 Å². The molecule has 4 N–H and O–H groups in total. The molecule has 2 aromatic rings. The van der Waals surface area contributed by atoms with Crippen molar-refractivity contribution in [1.29, 1.82) is 0 Å². The minimum absolute atomic E-state index is 0.0637. The summed E-state index contributed by atoms with van der Waals surface area (Å²) in [5.41, 5.74) is 1.56. The van der Waals surface area contributed by atoms with Crippen LogP contribution in [0.5, 0.6) is 0 Å². The van der Waals surface area contributed by atoms with E-state index >= 15 is 0 Å². The maximum Gasteiger partial charge on any atom is 0.303 e. The Morgan fingerprint density at radius 3 is 1.18 bits per heavy atom. The number of carbonyl (C=O) groups is 4. The van der Waals surface area contributed by atoms with Gasteiger partial charge < -0.3 is 20.8 Å². The number of carboxylic acids is 2. The smallest absolute Gasteiger partial charge is 0.303 e. The molecule has 186 valence electrons. The zero-order chi connectivity index (χ0) is 25.6. The van der Waals surface area contributed by atoms with Gasteiger partial charge in [-0.1, -0.05) is 25.7 Å². The van der Waals surface area contributed by atoms with Crippen LogP contribution in [0.1, 0.15) is 65.2 Å². The molecule has 2 amide bonds. The van der Waals surface area contributed by atoms with Gasteiger partial charge in [-0.3, -0.25) is 29.1 Å². The Balaban J connectivity index is 0.000000489. The number of rotatable bonds is 11. The third kappa shape index (κ3) is 21.4. The van der Waals surface area contributed by atoms with E-state index in [9.17, 15) is 19.2 Å². The van der Waals surface area contributed by atoms with Crippen molar-refractivity contribution in [3.63, 3.8) is 0 Å². The molecular weight excluding hydrogens is 440 g/mol. The largest absolute Gasteiger partial charge is 0.481 e. The number of anilines is 2. The first-order valence-electron chi connectivity index (χ1n) is 11.0. The molecule has 0 radical (unpaired) electrons. The summed E-state index contributed by atoms with van der Waals surface area (Å²) in [4.78, 5) is 48.9. The van der Waals surface area contributed by atoms with Crippen LogP contribution < -0.4 is 10.6 Å². The Kier molecular flexibility index (Phi) is 17.6. The van der Waals surface area contributed by atoms with E-state index in [1.807, 2.05) is 0 Å². The van der Waals surface area contributed by atoms with E-state index in [0.717, 1.165) is 49.9 Å². The van der Waals surface area contributed by atoms with Gasteiger partial charge in [0.15, 0.2) is 0 Å². The van der Waals surface area contributed by atoms with Gasteiger partial charge in [-0.2, -0.15) is 0 Å². The summed E-state index contributed by atoms with van der Waals surface area (Å²) in [6, 6.07) is 6.95. The zero-order valence-electron chi connectivity index (χ0n) is 19.7. The molecule has 0 aromatic carbocycles. The number of nitrogens with one attached hydrogen (secondary N) is 2. The Hall–Kier alpha value is -3.82. The molecule has 34 heavy (non-hydrogen) atoms. The maximum atomic E-state index is 10.5. The monoisotopic (exact) mass is 474 g/mol. The van der Waals surface area contributed by atoms with Gasteiger partial charge in [0, 0.05) is 62.9 Å². The molecule has 0 bridgehead atoms. The highest BCUT2D eigenvalue weighted by molar-refractivity contribution is 5.88. The average molecular weight is 475 g/mol. The predicted molar refractivity (Wildman–Crippen MR) is 129 cm³/mol. The summed E-state index contributed by atoms with van der Waals surface area (Å²) < 4.78 is 0. The number of nitrogens with zero attached hydrogens (tertiary/aromatic N) is 2. The number of aromatic nitrogens is 2. The summed E-state index contributed by atoms with van der Waals surface area (Å²) in [7, 11) is 0. The molecule has 0 aliphatic heterocycles. The van der Waals surface area contributed by atoms with Gasteiger partial charge in [0.1, 0.15) is 0 Å². The van der Waals surface area contributed by atoms with E-state index in [1.165, 1.54) is 13.8 Å². The molecule has 0 fully saturated rings. The lowest BCUT2D eigenvalue weighted by atomic mass is 10.1. The molecule has 2 aromatic heterocycles. The molecular formula is C24H34N4O6. The number of amides is 2. The van der Waals surface area contributed by atoms with E-state index in [1.54, 1.807) is 49.1 Å². The van der Waals surface area contributed by atoms with Crippen LogP contribution in [0.25, 0.3) is 0 Å². The number of carboxylic acid groups (broad SMARTS) is 2. The van der Waals surface area contributed by atoms with Crippen LogP contribution in [-0.4, -0.2) is 43.9 Å². The number of hydrogen-bond acceptors (Lipinski definition) is 6. The van der Waals surface area contributed by atoms with E-state index in [-0.39, 0.29) is 24.7 Å². The number of hydrogen-bond donors (Lipinski definition) is 4. The second kappa shape index (κ2) is 19.8. The Morgan fingerprint density at radius 1 is 0.618 bits per heavy atom. The third-order valence-corrected chi connectivity index (χ3v) is 4.03. The van der Waals surface area contributed by atoms with E-state index in [2.05, 4.69) is 20.6 Å². The molecule has 0 unspecified atom stereocenters. The maximum absolute atomic E-state index is 10.5. The van der Waals surface area contributed by atoms with Crippen molar-refractivity contribution >= 4 is 35.1 Å². The highest BCUT2D eigenvalue weighted by atomic mass is 16.4. The second-order valence-corrected chi connectivity index (χ2v) is 7.24. The second-order valence-electron chi connectivity index (χ2n) is 7.24. The summed E-state index contributed by atoms with van der Waals surface area (Å²) in [5.74, 6) is -1.61. The van der Waals surface area contributed by atoms with Crippen LogP contribution in [0.15, 0.2) is 49.1 Å². The van der Waals surface area contributed by atoms with Crippen LogP contribution in [0.4, 0.5) is 11.4 Å². The lowest BCUT2D eigenvalue weighted by molar-refractivity contribution is -0.138. The lowest BCUT2D eigenvalue weighted by Crippen LogP contribution is -2.05. The standard InChI is InChI=1S/C10H18O4.2C7H8N2O/c11-9(12)7-5-3-1-2-4-6-8-10(13)14;2*1-6(10)9-7-2-4-8-5-3-7/h1-8H2,(H,11,12)(H,13,14);2*2-5H,1H3,(H,8,9,10). The van der Waals surface area contributed by atoms with Crippen molar-refractivity contribution in [3.05, 3.63) is 49.1 Å². The molecule has 2 heterocycles. The summed E-state index contributed by atoms with van der Waals surface area (Å²) >= 11 is 0. The van der Waals surface area contributed by atoms with E-state index in [4.69, 9.17) is 10.2 Å². The number of pyridine rings is 2. The molecule has 0 aliphatic carbocycles. The van der Waals surface area contributed by atoms with Gasteiger partial charge in [-0.25, -0.2) is 0 Å². The summed E-state index contributed by atoms with van der Waals surface area (Å²) in [6.07, 6.45) is 12.3. The minimum Gasteiger partial charge on any atom is -0.481 e. The highest BCUT2D eigenvalue weighted by Gasteiger charge is 1.98. The normalized spacial score (nSPS) is 9.35. The molecule has 0 atom stereocenters. The van der Waals surface area contributed by atoms with Crippen LogP contribution in [-0.2, 0) is 19.2 Å².